The van der Waals surface area contributed by atoms with Crippen LogP contribution in [0.5, 0.6) is 0 Å². The predicted octanol–water partition coefficient (Wildman–Crippen LogP) is 0.0539. The summed E-state index contributed by atoms with van der Waals surface area (Å²) in [5.74, 6) is 0.143. The molecule has 2 N–H and O–H groups in total. The van der Waals surface area contributed by atoms with Crippen molar-refractivity contribution in [2.24, 2.45) is 0 Å². The maximum atomic E-state index is 11.1. The Morgan fingerprint density at radius 3 is 2.50 bits per heavy atom. The van der Waals surface area contributed by atoms with Crippen molar-refractivity contribution in [2.45, 2.75) is 19.3 Å². The first-order valence-corrected chi connectivity index (χ1v) is 5.23. The molecule has 0 saturated heterocycles. The molecule has 0 radical (unpaired) electrons. The summed E-state index contributed by atoms with van der Waals surface area (Å²) in [5.41, 5.74) is 0. The van der Waals surface area contributed by atoms with Crippen molar-refractivity contribution in [1.82, 2.24) is 15.5 Å². The molecule has 0 spiro atoms. The summed E-state index contributed by atoms with van der Waals surface area (Å²) in [5, 5.41) is 5.84. The SMILES string of the molecule is CNCCC(=O)NCCCCN(C)C. The molecule has 0 saturated carbocycles. The Hall–Kier alpha value is -0.610. The van der Waals surface area contributed by atoms with Gasteiger partial charge >= 0.3 is 0 Å². The molecule has 0 heterocycles. The lowest BCUT2D eigenvalue weighted by Gasteiger charge is -2.09. The molecule has 0 atom stereocenters. The summed E-state index contributed by atoms with van der Waals surface area (Å²) >= 11 is 0. The average molecular weight is 201 g/mol. The fourth-order valence-electron chi connectivity index (χ4n) is 1.11. The normalized spacial score (nSPS) is 10.6. The molecular weight excluding hydrogens is 178 g/mol. The van der Waals surface area contributed by atoms with Crippen molar-refractivity contribution in [3.63, 3.8) is 0 Å². The van der Waals surface area contributed by atoms with Crippen molar-refractivity contribution in [2.75, 3.05) is 40.8 Å². The minimum absolute atomic E-state index is 0.143. The summed E-state index contributed by atoms with van der Waals surface area (Å²) < 4.78 is 0. The number of hydrogen-bond donors (Lipinski definition) is 2. The predicted molar refractivity (Wildman–Crippen MR) is 59.3 cm³/mol. The number of amides is 1. The van der Waals surface area contributed by atoms with Gasteiger partial charge in [0, 0.05) is 19.5 Å². The van der Waals surface area contributed by atoms with E-state index in [1.807, 2.05) is 7.05 Å². The van der Waals surface area contributed by atoms with Crippen LogP contribution in [0, 0.1) is 0 Å². The minimum atomic E-state index is 0.143. The van der Waals surface area contributed by atoms with E-state index in [9.17, 15) is 4.79 Å². The first-order valence-electron chi connectivity index (χ1n) is 5.23. The second-order valence-electron chi connectivity index (χ2n) is 3.71. The Morgan fingerprint density at radius 1 is 1.21 bits per heavy atom. The number of unbranched alkanes of at least 4 members (excludes halogenated alkanes) is 1. The highest BCUT2D eigenvalue weighted by molar-refractivity contribution is 5.75. The molecule has 0 aromatic heterocycles. The standard InChI is InChI=1S/C10H23N3O/c1-11-8-6-10(14)12-7-4-5-9-13(2)3/h11H,4-9H2,1-3H3,(H,12,14). The topological polar surface area (TPSA) is 44.4 Å². The van der Waals surface area contributed by atoms with E-state index < -0.39 is 0 Å². The zero-order chi connectivity index (χ0) is 10.8. The van der Waals surface area contributed by atoms with Gasteiger partial charge in [0.05, 0.1) is 0 Å². The monoisotopic (exact) mass is 201 g/mol. The van der Waals surface area contributed by atoms with Crippen LogP contribution in [-0.2, 0) is 4.79 Å². The number of hydrogen-bond acceptors (Lipinski definition) is 3. The van der Waals surface area contributed by atoms with Gasteiger partial charge in [-0.2, -0.15) is 0 Å². The molecule has 84 valence electrons. The lowest BCUT2D eigenvalue weighted by Crippen LogP contribution is -2.27. The molecule has 0 aromatic carbocycles. The highest BCUT2D eigenvalue weighted by Gasteiger charge is 1.98. The zero-order valence-corrected chi connectivity index (χ0v) is 9.60. The number of nitrogens with zero attached hydrogens (tertiary/aromatic N) is 1. The van der Waals surface area contributed by atoms with Gasteiger partial charge in [0.1, 0.15) is 0 Å². The van der Waals surface area contributed by atoms with Gasteiger partial charge in [-0.3, -0.25) is 4.79 Å². The van der Waals surface area contributed by atoms with Gasteiger partial charge < -0.3 is 15.5 Å². The van der Waals surface area contributed by atoms with Crippen LogP contribution in [0.15, 0.2) is 0 Å². The van der Waals surface area contributed by atoms with Gasteiger partial charge in [0.25, 0.3) is 0 Å². The summed E-state index contributed by atoms with van der Waals surface area (Å²) in [4.78, 5) is 13.3. The third-order valence-corrected chi connectivity index (χ3v) is 1.96. The minimum Gasteiger partial charge on any atom is -0.356 e. The quantitative estimate of drug-likeness (QED) is 0.546. The Morgan fingerprint density at radius 2 is 1.93 bits per heavy atom. The molecule has 4 heteroatoms. The van der Waals surface area contributed by atoms with Crippen molar-refractivity contribution in [3.05, 3.63) is 0 Å². The molecular formula is C10H23N3O. The summed E-state index contributed by atoms with van der Waals surface area (Å²) in [6.07, 6.45) is 2.77. The van der Waals surface area contributed by atoms with E-state index >= 15 is 0 Å². The lowest BCUT2D eigenvalue weighted by molar-refractivity contribution is -0.120. The van der Waals surface area contributed by atoms with Crippen LogP contribution in [0.1, 0.15) is 19.3 Å². The Kier molecular flexibility index (Phi) is 8.57. The Bertz CT molecular complexity index is 148. The van der Waals surface area contributed by atoms with E-state index in [1.165, 1.54) is 0 Å². The van der Waals surface area contributed by atoms with Gasteiger partial charge in [-0.15, -0.1) is 0 Å². The van der Waals surface area contributed by atoms with Gasteiger partial charge in [-0.25, -0.2) is 0 Å². The van der Waals surface area contributed by atoms with Crippen LogP contribution in [0.25, 0.3) is 0 Å². The van der Waals surface area contributed by atoms with E-state index in [0.717, 1.165) is 32.5 Å². The molecule has 0 aliphatic heterocycles. The third kappa shape index (κ3) is 9.48. The summed E-state index contributed by atoms with van der Waals surface area (Å²) in [6, 6.07) is 0. The van der Waals surface area contributed by atoms with E-state index in [0.29, 0.717) is 6.42 Å². The largest absolute Gasteiger partial charge is 0.356 e. The zero-order valence-electron chi connectivity index (χ0n) is 9.60. The molecule has 0 aromatic rings. The van der Waals surface area contributed by atoms with Crippen LogP contribution in [0.4, 0.5) is 0 Å². The van der Waals surface area contributed by atoms with Crippen molar-refractivity contribution in [1.29, 1.82) is 0 Å². The molecule has 4 nitrogen and oxygen atoms in total. The fourth-order valence-corrected chi connectivity index (χ4v) is 1.11. The van der Waals surface area contributed by atoms with Crippen LogP contribution in [-0.4, -0.2) is 51.6 Å². The molecule has 0 unspecified atom stereocenters. The van der Waals surface area contributed by atoms with Gasteiger partial charge in [-0.05, 0) is 40.5 Å². The smallest absolute Gasteiger partial charge is 0.221 e. The fraction of sp³-hybridized carbons (Fsp3) is 0.900. The summed E-state index contributed by atoms with van der Waals surface area (Å²) in [6.45, 7) is 2.65. The number of carbonyl (C=O) groups excluding carboxylic acids is 1. The van der Waals surface area contributed by atoms with E-state index in [-0.39, 0.29) is 5.91 Å². The molecule has 0 aliphatic carbocycles. The second kappa shape index (κ2) is 8.97. The van der Waals surface area contributed by atoms with E-state index in [4.69, 9.17) is 0 Å². The van der Waals surface area contributed by atoms with Crippen molar-refractivity contribution < 1.29 is 4.79 Å². The molecule has 1 amide bonds. The van der Waals surface area contributed by atoms with Crippen LogP contribution < -0.4 is 10.6 Å². The maximum absolute atomic E-state index is 11.1. The van der Waals surface area contributed by atoms with Crippen LogP contribution >= 0.6 is 0 Å². The molecule has 0 rings (SSSR count). The first kappa shape index (κ1) is 13.4. The maximum Gasteiger partial charge on any atom is 0.221 e. The first-order chi connectivity index (χ1) is 6.66. The Balaban J connectivity index is 3.15. The molecule has 0 aliphatic rings. The highest BCUT2D eigenvalue weighted by Crippen LogP contribution is 1.89. The van der Waals surface area contributed by atoms with Crippen LogP contribution in [0.3, 0.4) is 0 Å². The number of carbonyl (C=O) groups is 1. The van der Waals surface area contributed by atoms with E-state index in [1.54, 1.807) is 0 Å². The second-order valence-corrected chi connectivity index (χ2v) is 3.71. The molecule has 14 heavy (non-hydrogen) atoms. The van der Waals surface area contributed by atoms with Gasteiger partial charge in [0.15, 0.2) is 0 Å². The van der Waals surface area contributed by atoms with Gasteiger partial charge in [0.2, 0.25) is 5.91 Å². The van der Waals surface area contributed by atoms with Crippen molar-refractivity contribution in [3.8, 4) is 0 Å². The number of rotatable bonds is 8. The molecule has 0 fully saturated rings. The number of nitrogens with one attached hydrogen (secondary N) is 2. The summed E-state index contributed by atoms with van der Waals surface area (Å²) in [7, 11) is 5.97. The van der Waals surface area contributed by atoms with E-state index in [2.05, 4.69) is 29.6 Å². The Labute approximate surface area is 87.0 Å². The van der Waals surface area contributed by atoms with Crippen LogP contribution in [0.2, 0.25) is 0 Å². The molecule has 0 bridgehead atoms. The van der Waals surface area contributed by atoms with Crippen molar-refractivity contribution >= 4 is 5.91 Å². The third-order valence-electron chi connectivity index (χ3n) is 1.96. The average Bonchev–Trinajstić information content (AvgIpc) is 2.13. The highest BCUT2D eigenvalue weighted by atomic mass is 16.1. The lowest BCUT2D eigenvalue weighted by atomic mass is 10.3. The van der Waals surface area contributed by atoms with Gasteiger partial charge in [-0.1, -0.05) is 0 Å².